The van der Waals surface area contributed by atoms with Crippen LogP contribution in [0.15, 0.2) is 59.5 Å². The van der Waals surface area contributed by atoms with E-state index in [1.165, 1.54) is 6.07 Å². The van der Waals surface area contributed by atoms with E-state index >= 15 is 0 Å². The lowest BCUT2D eigenvalue weighted by molar-refractivity contribution is 0.604. The third-order valence-corrected chi connectivity index (χ3v) is 3.52. The van der Waals surface area contributed by atoms with Crippen molar-refractivity contribution in [1.29, 1.82) is 0 Å². The van der Waals surface area contributed by atoms with Gasteiger partial charge in [-0.3, -0.25) is 0 Å². The van der Waals surface area contributed by atoms with Crippen LogP contribution in [-0.4, -0.2) is 8.42 Å². The van der Waals surface area contributed by atoms with Crippen LogP contribution in [0.1, 0.15) is 0 Å². The molecule has 2 rings (SSSR count). The van der Waals surface area contributed by atoms with Crippen molar-refractivity contribution in [3.63, 3.8) is 0 Å². The fourth-order valence-electron chi connectivity index (χ4n) is 1.60. The van der Waals surface area contributed by atoms with Gasteiger partial charge in [0.1, 0.15) is 0 Å². The molecule has 6 heteroatoms. The molecule has 2 aromatic carbocycles. The van der Waals surface area contributed by atoms with E-state index in [1.54, 1.807) is 18.2 Å². The van der Waals surface area contributed by atoms with Gasteiger partial charge in [-0.1, -0.05) is 48.5 Å². The zero-order valence-electron chi connectivity index (χ0n) is 9.68. The SMILES string of the molecule is Cl.Cl.[C-]#[N+]S(=O)(=O)c1ccccc1-c1ccccc1. The molecule has 0 unspecified atom stereocenters. The molecule has 2 aromatic rings. The number of halogens is 2. The lowest BCUT2D eigenvalue weighted by Crippen LogP contribution is -1.96. The van der Waals surface area contributed by atoms with Gasteiger partial charge in [0.2, 0.25) is 0 Å². The number of benzene rings is 2. The molecule has 0 aliphatic carbocycles. The van der Waals surface area contributed by atoms with Crippen molar-refractivity contribution in [2.45, 2.75) is 4.90 Å². The molecule has 0 amide bonds. The van der Waals surface area contributed by atoms with Gasteiger partial charge in [-0.25, -0.2) is 6.57 Å². The van der Waals surface area contributed by atoms with Gasteiger partial charge in [0.25, 0.3) is 0 Å². The minimum absolute atomic E-state index is 0. The second-order valence-corrected chi connectivity index (χ2v) is 5.00. The van der Waals surface area contributed by atoms with Crippen LogP contribution in [0.2, 0.25) is 0 Å². The van der Waals surface area contributed by atoms with Crippen molar-refractivity contribution in [3.05, 3.63) is 65.4 Å². The summed E-state index contributed by atoms with van der Waals surface area (Å²) < 4.78 is 26.0. The van der Waals surface area contributed by atoms with Gasteiger partial charge in [0, 0.05) is 5.56 Å². The van der Waals surface area contributed by atoms with Crippen molar-refractivity contribution in [2.24, 2.45) is 0 Å². The summed E-state index contributed by atoms with van der Waals surface area (Å²) in [6.07, 6.45) is 0. The van der Waals surface area contributed by atoms with E-state index in [9.17, 15) is 8.42 Å². The van der Waals surface area contributed by atoms with Crippen LogP contribution in [0.3, 0.4) is 0 Å². The molecule has 0 saturated carbocycles. The van der Waals surface area contributed by atoms with Crippen molar-refractivity contribution in [1.82, 2.24) is 0 Å². The predicted molar refractivity (Wildman–Crippen MR) is 80.2 cm³/mol. The first-order valence-corrected chi connectivity index (χ1v) is 6.37. The number of hydrogen-bond donors (Lipinski definition) is 0. The van der Waals surface area contributed by atoms with Gasteiger partial charge < -0.3 is 0 Å². The molecule has 19 heavy (non-hydrogen) atoms. The maximum atomic E-state index is 11.6. The molecule has 0 spiro atoms. The highest BCUT2D eigenvalue weighted by atomic mass is 35.5. The molecule has 0 aromatic heterocycles. The highest BCUT2D eigenvalue weighted by Crippen LogP contribution is 2.27. The molecule has 0 fully saturated rings. The smallest absolute Gasteiger partial charge is 0.206 e. The normalized spacial score (nSPS) is 9.63. The Bertz CT molecular complexity index is 679. The van der Waals surface area contributed by atoms with Gasteiger partial charge in [0.05, 0.1) is 0 Å². The number of hydrogen-bond acceptors (Lipinski definition) is 2. The summed E-state index contributed by atoms with van der Waals surface area (Å²) in [5, 5.41) is 0. The van der Waals surface area contributed by atoms with E-state index in [2.05, 4.69) is 4.25 Å². The molecule has 0 bridgehead atoms. The summed E-state index contributed by atoms with van der Waals surface area (Å²) in [4.78, 5) is 0.0567. The topological polar surface area (TPSA) is 38.5 Å². The van der Waals surface area contributed by atoms with Crippen LogP contribution in [0.25, 0.3) is 15.4 Å². The van der Waals surface area contributed by atoms with Gasteiger partial charge >= 0.3 is 10.0 Å². The summed E-state index contributed by atoms with van der Waals surface area (Å²) in [5.41, 5.74) is 1.35. The zero-order valence-corrected chi connectivity index (χ0v) is 12.1. The molecule has 0 N–H and O–H groups in total. The first kappa shape index (κ1) is 17.5. The first-order valence-electron chi connectivity index (χ1n) is 4.93. The Hall–Kier alpha value is -1.54. The molecular formula is C13H11Cl2NO2S. The third-order valence-electron chi connectivity index (χ3n) is 2.37. The molecule has 0 radical (unpaired) electrons. The number of nitrogens with zero attached hydrogens (tertiary/aromatic N) is 1. The van der Waals surface area contributed by atoms with Crippen LogP contribution >= 0.6 is 24.8 Å². The first-order chi connectivity index (χ1) is 8.15. The standard InChI is InChI=1S/C13H9NO2S.2ClH/c1-14-17(15,16)13-10-6-5-9-12(13)11-7-3-2-4-8-11;;/h2-10H;2*1H. The lowest BCUT2D eigenvalue weighted by Gasteiger charge is -2.03. The lowest BCUT2D eigenvalue weighted by atomic mass is 10.1. The van der Waals surface area contributed by atoms with Crippen LogP contribution in [-0.2, 0) is 10.0 Å². The molecule has 100 valence electrons. The molecule has 0 atom stereocenters. The van der Waals surface area contributed by atoms with Crippen molar-refractivity contribution in [3.8, 4) is 11.1 Å². The van der Waals surface area contributed by atoms with Gasteiger partial charge in [-0.05, 0) is 11.6 Å². The van der Waals surface area contributed by atoms with Crippen LogP contribution in [0.5, 0.6) is 0 Å². The Morgan fingerprint density at radius 1 is 0.842 bits per heavy atom. The van der Waals surface area contributed by atoms with Crippen LogP contribution in [0.4, 0.5) is 0 Å². The van der Waals surface area contributed by atoms with E-state index in [0.717, 1.165) is 5.56 Å². The highest BCUT2D eigenvalue weighted by Gasteiger charge is 2.22. The second-order valence-electron chi connectivity index (χ2n) is 3.43. The van der Waals surface area contributed by atoms with Gasteiger partial charge in [0.15, 0.2) is 4.90 Å². The zero-order chi connectivity index (χ0) is 12.3. The summed E-state index contributed by atoms with van der Waals surface area (Å²) in [6.45, 7) is 6.74. The third kappa shape index (κ3) is 3.71. The van der Waals surface area contributed by atoms with E-state index in [1.807, 2.05) is 30.3 Å². The molecular weight excluding hydrogens is 305 g/mol. The van der Waals surface area contributed by atoms with Gasteiger partial charge in [-0.15, -0.1) is 33.2 Å². The predicted octanol–water partition coefficient (Wildman–Crippen LogP) is 3.81. The Morgan fingerprint density at radius 2 is 1.37 bits per heavy atom. The van der Waals surface area contributed by atoms with Crippen molar-refractivity contribution in [2.75, 3.05) is 0 Å². The average Bonchev–Trinajstić information content (AvgIpc) is 2.40. The van der Waals surface area contributed by atoms with E-state index in [4.69, 9.17) is 6.57 Å². The quantitative estimate of drug-likeness (QED) is 0.790. The van der Waals surface area contributed by atoms with Crippen LogP contribution in [0, 0.1) is 6.57 Å². The van der Waals surface area contributed by atoms with E-state index in [0.29, 0.717) is 5.56 Å². The molecule has 0 heterocycles. The monoisotopic (exact) mass is 315 g/mol. The Morgan fingerprint density at radius 3 is 1.95 bits per heavy atom. The van der Waals surface area contributed by atoms with Crippen molar-refractivity contribution < 1.29 is 8.42 Å². The minimum atomic E-state index is -3.89. The number of rotatable bonds is 2. The number of sulfonamides is 1. The highest BCUT2D eigenvalue weighted by molar-refractivity contribution is 7.93. The second kappa shape index (κ2) is 7.15. The summed E-state index contributed by atoms with van der Waals surface area (Å²) in [6, 6.07) is 15.7. The summed E-state index contributed by atoms with van der Waals surface area (Å²) in [7, 11) is -3.89. The molecule has 0 aliphatic heterocycles. The average molecular weight is 316 g/mol. The van der Waals surface area contributed by atoms with Gasteiger partial charge in [-0.2, -0.15) is 4.25 Å². The fourth-order valence-corrected chi connectivity index (χ4v) is 2.41. The van der Waals surface area contributed by atoms with E-state index < -0.39 is 10.0 Å². The largest absolute Gasteiger partial charge is 0.469 e. The maximum absolute atomic E-state index is 11.6. The fraction of sp³-hybridized carbons (Fsp3) is 0. The molecule has 0 saturated heterocycles. The summed E-state index contributed by atoms with van der Waals surface area (Å²) in [5.74, 6) is 0. The minimum Gasteiger partial charge on any atom is -0.206 e. The van der Waals surface area contributed by atoms with Crippen molar-refractivity contribution >= 4 is 34.8 Å². The van der Waals surface area contributed by atoms with E-state index in [-0.39, 0.29) is 29.7 Å². The molecule has 0 aliphatic rings. The maximum Gasteiger partial charge on any atom is 0.469 e. The Kier molecular flexibility index (Phi) is 6.57. The van der Waals surface area contributed by atoms with Crippen LogP contribution < -0.4 is 0 Å². The Balaban J connectivity index is 0.00000162. The molecule has 3 nitrogen and oxygen atoms in total. The summed E-state index contributed by atoms with van der Waals surface area (Å²) >= 11 is 0. The Labute approximate surface area is 125 Å².